The minimum absolute atomic E-state index is 0.0316. The lowest BCUT2D eigenvalue weighted by Crippen LogP contribution is -2.39. The number of halogens is 1. The highest BCUT2D eigenvalue weighted by Gasteiger charge is 2.29. The Morgan fingerprint density at radius 2 is 1.94 bits per heavy atom. The van der Waals surface area contributed by atoms with Crippen LogP contribution in [-0.4, -0.2) is 36.0 Å². The Labute approximate surface area is 181 Å². The van der Waals surface area contributed by atoms with E-state index in [0.29, 0.717) is 36.4 Å². The van der Waals surface area contributed by atoms with Crippen LogP contribution in [0.5, 0.6) is 11.5 Å². The summed E-state index contributed by atoms with van der Waals surface area (Å²) in [5, 5.41) is 4.23. The fourth-order valence-electron chi connectivity index (χ4n) is 3.67. The Morgan fingerprint density at radius 3 is 2.71 bits per heavy atom. The number of nitrogens with zero attached hydrogens (tertiary/aromatic N) is 2. The molecule has 0 N–H and O–H groups in total. The van der Waals surface area contributed by atoms with Crippen LogP contribution < -0.4 is 9.47 Å². The molecule has 31 heavy (non-hydrogen) atoms. The number of hydrogen-bond donors (Lipinski definition) is 0. The van der Waals surface area contributed by atoms with Crippen LogP contribution in [0.25, 0.3) is 0 Å². The molecule has 6 nitrogen and oxygen atoms in total. The molecule has 4 rings (SSSR count). The number of hydrogen-bond acceptors (Lipinski definition) is 5. The number of rotatable bonds is 6. The standard InChI is InChI=1S/C24H27FN2O4/c1-24(2,3)12-23(28)27(13-17-6-4-5-7-19(17)25)14-18-11-20(26-31-18)16-8-9-21-22(10-16)30-15-29-21/h4-10,18H,11-15H2,1-3H3. The Bertz CT molecular complexity index is 999. The van der Waals surface area contributed by atoms with E-state index >= 15 is 0 Å². The van der Waals surface area contributed by atoms with Crippen molar-refractivity contribution in [1.29, 1.82) is 0 Å². The Balaban J connectivity index is 1.45. The molecule has 0 radical (unpaired) electrons. The van der Waals surface area contributed by atoms with Gasteiger partial charge in [-0.2, -0.15) is 0 Å². The van der Waals surface area contributed by atoms with Crippen LogP contribution in [0.2, 0.25) is 0 Å². The van der Waals surface area contributed by atoms with Crippen LogP contribution in [-0.2, 0) is 16.2 Å². The Morgan fingerprint density at radius 1 is 1.16 bits per heavy atom. The first-order valence-corrected chi connectivity index (χ1v) is 10.4. The summed E-state index contributed by atoms with van der Waals surface area (Å²) in [4.78, 5) is 20.3. The molecular formula is C24H27FN2O4. The number of fused-ring (bicyclic) bond motifs is 1. The minimum atomic E-state index is -0.319. The zero-order valence-electron chi connectivity index (χ0n) is 18.1. The molecule has 0 saturated carbocycles. The van der Waals surface area contributed by atoms with Crippen molar-refractivity contribution in [3.63, 3.8) is 0 Å². The highest BCUT2D eigenvalue weighted by atomic mass is 19.1. The van der Waals surface area contributed by atoms with Gasteiger partial charge in [0.25, 0.3) is 0 Å². The molecule has 2 aromatic rings. The maximum absolute atomic E-state index is 14.2. The normalized spacial score (nSPS) is 17.3. The molecule has 2 aliphatic heterocycles. The number of oxime groups is 1. The van der Waals surface area contributed by atoms with Gasteiger partial charge in [-0.1, -0.05) is 44.1 Å². The van der Waals surface area contributed by atoms with E-state index < -0.39 is 0 Å². The van der Waals surface area contributed by atoms with Gasteiger partial charge in [-0.15, -0.1) is 0 Å². The van der Waals surface area contributed by atoms with Crippen LogP contribution in [0.15, 0.2) is 47.6 Å². The van der Waals surface area contributed by atoms with E-state index in [1.54, 1.807) is 23.1 Å². The summed E-state index contributed by atoms with van der Waals surface area (Å²) < 4.78 is 25.0. The molecule has 0 bridgehead atoms. The lowest BCUT2D eigenvalue weighted by molar-refractivity contribution is -0.135. The highest BCUT2D eigenvalue weighted by Crippen LogP contribution is 2.34. The fraction of sp³-hybridized carbons (Fsp3) is 0.417. The average Bonchev–Trinajstić information content (AvgIpc) is 3.36. The maximum Gasteiger partial charge on any atom is 0.231 e. The number of ether oxygens (including phenoxy) is 2. The second-order valence-electron chi connectivity index (χ2n) is 9.14. The van der Waals surface area contributed by atoms with Crippen LogP contribution in [0.4, 0.5) is 4.39 Å². The number of benzene rings is 2. The van der Waals surface area contributed by atoms with Crippen molar-refractivity contribution in [2.24, 2.45) is 10.6 Å². The molecule has 0 aromatic heterocycles. The van der Waals surface area contributed by atoms with Gasteiger partial charge in [0, 0.05) is 30.5 Å². The van der Waals surface area contributed by atoms with Gasteiger partial charge in [-0.05, 0) is 29.7 Å². The first kappa shape index (κ1) is 21.2. The van der Waals surface area contributed by atoms with Crippen LogP contribution in [0.3, 0.4) is 0 Å². The number of carbonyl (C=O) groups excluding carboxylic acids is 1. The van der Waals surface area contributed by atoms with E-state index in [4.69, 9.17) is 14.3 Å². The molecule has 0 aliphatic carbocycles. The van der Waals surface area contributed by atoms with Crippen LogP contribution in [0.1, 0.15) is 44.7 Å². The molecule has 1 amide bonds. The Hall–Kier alpha value is -3.09. The Kier molecular flexibility index (Phi) is 5.85. The van der Waals surface area contributed by atoms with Crippen LogP contribution >= 0.6 is 0 Å². The lowest BCUT2D eigenvalue weighted by atomic mass is 9.91. The molecule has 164 valence electrons. The molecule has 0 fully saturated rings. The minimum Gasteiger partial charge on any atom is -0.454 e. The largest absolute Gasteiger partial charge is 0.454 e. The molecule has 2 aromatic carbocycles. The summed E-state index contributed by atoms with van der Waals surface area (Å²) in [5.74, 6) is 1.05. The van der Waals surface area contributed by atoms with E-state index in [2.05, 4.69) is 5.16 Å². The predicted octanol–water partition coefficient (Wildman–Crippen LogP) is 4.51. The van der Waals surface area contributed by atoms with Gasteiger partial charge in [0.2, 0.25) is 12.7 Å². The third-order valence-corrected chi connectivity index (χ3v) is 5.22. The van der Waals surface area contributed by atoms with Crippen molar-refractivity contribution in [2.45, 2.75) is 46.3 Å². The first-order chi connectivity index (χ1) is 14.8. The van der Waals surface area contributed by atoms with Crippen molar-refractivity contribution in [3.05, 3.63) is 59.4 Å². The fourth-order valence-corrected chi connectivity index (χ4v) is 3.67. The second-order valence-corrected chi connectivity index (χ2v) is 9.14. The summed E-state index contributed by atoms with van der Waals surface area (Å²) in [5.41, 5.74) is 2.00. The molecule has 1 atom stereocenters. The van der Waals surface area contributed by atoms with E-state index in [-0.39, 0.29) is 36.6 Å². The first-order valence-electron chi connectivity index (χ1n) is 10.4. The number of amides is 1. The zero-order valence-corrected chi connectivity index (χ0v) is 18.1. The van der Waals surface area contributed by atoms with E-state index in [1.807, 2.05) is 39.0 Å². The molecule has 0 saturated heterocycles. The highest BCUT2D eigenvalue weighted by molar-refractivity contribution is 6.01. The molecular weight excluding hydrogens is 399 g/mol. The van der Waals surface area contributed by atoms with Crippen molar-refractivity contribution in [3.8, 4) is 11.5 Å². The molecule has 1 unspecified atom stereocenters. The van der Waals surface area contributed by atoms with E-state index in [1.165, 1.54) is 6.07 Å². The van der Waals surface area contributed by atoms with E-state index in [9.17, 15) is 9.18 Å². The third-order valence-electron chi connectivity index (χ3n) is 5.22. The van der Waals surface area contributed by atoms with Crippen molar-refractivity contribution in [2.75, 3.05) is 13.3 Å². The second kappa shape index (κ2) is 8.57. The predicted molar refractivity (Wildman–Crippen MR) is 114 cm³/mol. The van der Waals surface area contributed by atoms with Crippen LogP contribution in [0, 0.1) is 11.2 Å². The third kappa shape index (κ3) is 5.16. The summed E-state index contributed by atoms with van der Waals surface area (Å²) in [6.45, 7) is 6.78. The van der Waals surface area contributed by atoms with Crippen molar-refractivity contribution < 1.29 is 23.5 Å². The summed E-state index contributed by atoms with van der Waals surface area (Å²) in [6.07, 6.45) is 0.622. The molecule has 2 aliphatic rings. The molecule has 7 heteroatoms. The monoisotopic (exact) mass is 426 g/mol. The lowest BCUT2D eigenvalue weighted by Gasteiger charge is -2.28. The quantitative estimate of drug-likeness (QED) is 0.682. The average molecular weight is 426 g/mol. The van der Waals surface area contributed by atoms with Gasteiger partial charge >= 0.3 is 0 Å². The topological polar surface area (TPSA) is 60.4 Å². The van der Waals surface area contributed by atoms with Gasteiger partial charge in [0.1, 0.15) is 5.82 Å². The van der Waals surface area contributed by atoms with Gasteiger partial charge in [0.05, 0.1) is 12.3 Å². The van der Waals surface area contributed by atoms with Gasteiger partial charge in [-0.3, -0.25) is 4.79 Å². The number of carbonyl (C=O) groups is 1. The molecule has 0 spiro atoms. The summed E-state index contributed by atoms with van der Waals surface area (Å²) in [7, 11) is 0. The van der Waals surface area contributed by atoms with Crippen molar-refractivity contribution >= 4 is 11.6 Å². The molecule has 2 heterocycles. The van der Waals surface area contributed by atoms with E-state index in [0.717, 1.165) is 11.3 Å². The van der Waals surface area contributed by atoms with Gasteiger partial charge < -0.3 is 19.2 Å². The van der Waals surface area contributed by atoms with Gasteiger partial charge in [0.15, 0.2) is 17.6 Å². The zero-order chi connectivity index (χ0) is 22.0. The van der Waals surface area contributed by atoms with Gasteiger partial charge in [-0.25, -0.2) is 4.39 Å². The van der Waals surface area contributed by atoms with Crippen molar-refractivity contribution in [1.82, 2.24) is 4.90 Å². The smallest absolute Gasteiger partial charge is 0.231 e. The SMILES string of the molecule is CC(C)(C)CC(=O)N(Cc1ccccc1F)CC1CC(c2ccc3c(c2)OCO3)=NO1. The maximum atomic E-state index is 14.2. The summed E-state index contributed by atoms with van der Waals surface area (Å²) in [6, 6.07) is 12.2. The summed E-state index contributed by atoms with van der Waals surface area (Å²) >= 11 is 0.